The number of hydrogen-bond donors (Lipinski definition) is 1. The first kappa shape index (κ1) is 17.6. The van der Waals surface area contributed by atoms with Crippen LogP contribution in [0.2, 0.25) is 0 Å². The van der Waals surface area contributed by atoms with Crippen LogP contribution in [0.25, 0.3) is 0 Å². The van der Waals surface area contributed by atoms with Crippen LogP contribution in [0, 0.1) is 0 Å². The summed E-state index contributed by atoms with van der Waals surface area (Å²) in [6, 6.07) is 12.6. The second-order valence-corrected chi connectivity index (χ2v) is 6.24. The zero-order valence-electron chi connectivity index (χ0n) is 14.7. The van der Waals surface area contributed by atoms with Crippen LogP contribution in [0.3, 0.4) is 0 Å². The normalized spacial score (nSPS) is 17.5. The fraction of sp³-hybridized carbons (Fsp3) is 0.474. The monoisotopic (exact) mass is 342 g/mol. The van der Waals surface area contributed by atoms with Crippen molar-refractivity contribution in [3.63, 3.8) is 0 Å². The first-order valence-electron chi connectivity index (χ1n) is 8.82. The fourth-order valence-corrected chi connectivity index (χ4v) is 3.06. The van der Waals surface area contributed by atoms with Crippen LogP contribution in [0.5, 0.6) is 5.75 Å². The number of methoxy groups -OCH3 is 1. The van der Waals surface area contributed by atoms with Gasteiger partial charge in [0.2, 0.25) is 0 Å². The molecular formula is C19H26N4O2. The zero-order valence-corrected chi connectivity index (χ0v) is 14.7. The number of aromatic nitrogens is 2. The number of anilines is 1. The first-order valence-corrected chi connectivity index (χ1v) is 8.82. The molecule has 0 spiro atoms. The van der Waals surface area contributed by atoms with E-state index in [1.54, 1.807) is 13.3 Å². The van der Waals surface area contributed by atoms with Crippen molar-refractivity contribution < 1.29 is 9.47 Å². The lowest BCUT2D eigenvalue weighted by Crippen LogP contribution is -2.45. The molecule has 0 radical (unpaired) electrons. The predicted octanol–water partition coefficient (Wildman–Crippen LogP) is 2.26. The van der Waals surface area contributed by atoms with Crippen molar-refractivity contribution in [3.8, 4) is 5.75 Å². The Bertz CT molecular complexity index is 638. The van der Waals surface area contributed by atoms with Crippen molar-refractivity contribution in [1.29, 1.82) is 0 Å². The van der Waals surface area contributed by atoms with Crippen molar-refractivity contribution in [2.24, 2.45) is 0 Å². The third-order valence-corrected chi connectivity index (χ3v) is 4.35. The first-order chi connectivity index (χ1) is 12.3. The van der Waals surface area contributed by atoms with Crippen molar-refractivity contribution in [1.82, 2.24) is 15.5 Å². The summed E-state index contributed by atoms with van der Waals surface area (Å²) in [4.78, 5) is 2.30. The van der Waals surface area contributed by atoms with Gasteiger partial charge in [0.15, 0.2) is 5.82 Å². The van der Waals surface area contributed by atoms with Gasteiger partial charge in [-0.05, 0) is 42.7 Å². The van der Waals surface area contributed by atoms with Crippen molar-refractivity contribution in [2.45, 2.75) is 25.4 Å². The Morgan fingerprint density at radius 3 is 3.04 bits per heavy atom. The van der Waals surface area contributed by atoms with Crippen molar-refractivity contribution in [3.05, 3.63) is 48.2 Å². The van der Waals surface area contributed by atoms with Crippen LogP contribution in [0.4, 0.5) is 5.82 Å². The largest absolute Gasteiger partial charge is 0.491 e. The third kappa shape index (κ3) is 5.41. The number of rotatable bonds is 8. The molecule has 1 saturated heterocycles. The van der Waals surface area contributed by atoms with E-state index in [1.165, 1.54) is 12.0 Å². The smallest absolute Gasteiger partial charge is 0.151 e. The van der Waals surface area contributed by atoms with Crippen molar-refractivity contribution in [2.75, 3.05) is 38.3 Å². The Morgan fingerprint density at radius 2 is 2.20 bits per heavy atom. The summed E-state index contributed by atoms with van der Waals surface area (Å²) < 4.78 is 10.7. The van der Waals surface area contributed by atoms with Gasteiger partial charge >= 0.3 is 0 Å². The van der Waals surface area contributed by atoms with Gasteiger partial charge < -0.3 is 19.7 Å². The summed E-state index contributed by atoms with van der Waals surface area (Å²) in [5.41, 5.74) is 1.23. The highest BCUT2D eigenvalue weighted by molar-refractivity contribution is 5.37. The van der Waals surface area contributed by atoms with Crippen LogP contribution in [0.15, 0.2) is 42.6 Å². The molecular weight excluding hydrogens is 316 g/mol. The Balaban J connectivity index is 1.50. The molecule has 1 atom stereocenters. The highest BCUT2D eigenvalue weighted by Crippen LogP contribution is 2.18. The molecule has 0 bridgehead atoms. The molecule has 1 fully saturated rings. The summed E-state index contributed by atoms with van der Waals surface area (Å²) in [6.45, 7) is 4.01. The van der Waals surface area contributed by atoms with E-state index < -0.39 is 0 Å². The van der Waals surface area contributed by atoms with Gasteiger partial charge in [-0.2, -0.15) is 5.10 Å². The molecule has 6 nitrogen and oxygen atoms in total. The maximum absolute atomic E-state index is 5.68. The Labute approximate surface area is 149 Å². The second kappa shape index (κ2) is 9.34. The average molecular weight is 342 g/mol. The van der Waals surface area contributed by atoms with E-state index in [9.17, 15) is 0 Å². The number of ether oxygens (including phenoxy) is 2. The Kier molecular flexibility index (Phi) is 6.59. The molecule has 1 aromatic carbocycles. The summed E-state index contributed by atoms with van der Waals surface area (Å²) in [7, 11) is 1.68. The summed E-state index contributed by atoms with van der Waals surface area (Å²) in [5.74, 6) is 1.85. The highest BCUT2D eigenvalue weighted by Gasteiger charge is 2.20. The van der Waals surface area contributed by atoms with E-state index in [4.69, 9.17) is 9.47 Å². The van der Waals surface area contributed by atoms with Crippen LogP contribution in [-0.4, -0.2) is 49.7 Å². The molecule has 25 heavy (non-hydrogen) atoms. The maximum Gasteiger partial charge on any atom is 0.151 e. The van der Waals surface area contributed by atoms with Crippen LogP contribution in [0.1, 0.15) is 18.4 Å². The fourth-order valence-electron chi connectivity index (χ4n) is 3.06. The molecule has 2 aromatic rings. The lowest BCUT2D eigenvalue weighted by atomic mass is 10.1. The number of benzene rings is 1. The van der Waals surface area contributed by atoms with Gasteiger partial charge in [0.25, 0.3) is 0 Å². The molecule has 2 heterocycles. The van der Waals surface area contributed by atoms with Crippen LogP contribution in [-0.2, 0) is 11.3 Å². The maximum atomic E-state index is 5.68. The molecule has 1 aliphatic heterocycles. The second-order valence-electron chi connectivity index (χ2n) is 6.24. The molecule has 6 heteroatoms. The molecule has 1 N–H and O–H groups in total. The topological polar surface area (TPSA) is 59.5 Å². The van der Waals surface area contributed by atoms with Gasteiger partial charge in [-0.15, -0.1) is 5.10 Å². The SMILES string of the molecule is COCCOc1cccc(CNC2CCCN(c3cccnn3)C2)c1. The van der Waals surface area contributed by atoms with Crippen LogP contribution >= 0.6 is 0 Å². The van der Waals surface area contributed by atoms with E-state index in [1.807, 2.05) is 24.3 Å². The standard InChI is InChI=1S/C19H26N4O2/c1-24-11-12-25-18-7-2-5-16(13-18)14-20-17-6-4-10-23(15-17)19-8-3-9-21-22-19/h2-3,5,7-9,13,17,20H,4,6,10-12,14-15H2,1H3. The minimum atomic E-state index is 0.453. The summed E-state index contributed by atoms with van der Waals surface area (Å²) in [5, 5.41) is 11.9. The van der Waals surface area contributed by atoms with E-state index >= 15 is 0 Å². The van der Waals surface area contributed by atoms with E-state index in [0.29, 0.717) is 19.3 Å². The Hall–Kier alpha value is -2.18. The van der Waals surface area contributed by atoms with E-state index in [2.05, 4.69) is 32.5 Å². The summed E-state index contributed by atoms with van der Waals surface area (Å²) >= 11 is 0. The predicted molar refractivity (Wildman–Crippen MR) is 97.9 cm³/mol. The van der Waals surface area contributed by atoms with Gasteiger partial charge in [0, 0.05) is 39.0 Å². The average Bonchev–Trinajstić information content (AvgIpc) is 2.68. The van der Waals surface area contributed by atoms with Gasteiger partial charge in [-0.1, -0.05) is 12.1 Å². The molecule has 134 valence electrons. The molecule has 1 aliphatic rings. The molecule has 3 rings (SSSR count). The zero-order chi connectivity index (χ0) is 17.3. The van der Waals surface area contributed by atoms with Gasteiger partial charge in [0.1, 0.15) is 12.4 Å². The molecule has 0 aliphatic carbocycles. The number of nitrogens with zero attached hydrogens (tertiary/aromatic N) is 3. The minimum absolute atomic E-state index is 0.453. The molecule has 1 unspecified atom stereocenters. The number of nitrogens with one attached hydrogen (secondary N) is 1. The van der Waals surface area contributed by atoms with Gasteiger partial charge in [-0.25, -0.2) is 0 Å². The van der Waals surface area contributed by atoms with E-state index in [0.717, 1.165) is 37.6 Å². The number of hydrogen-bond acceptors (Lipinski definition) is 6. The van der Waals surface area contributed by atoms with E-state index in [-0.39, 0.29) is 0 Å². The highest BCUT2D eigenvalue weighted by atomic mass is 16.5. The van der Waals surface area contributed by atoms with Gasteiger partial charge in [0.05, 0.1) is 6.61 Å². The lowest BCUT2D eigenvalue weighted by molar-refractivity contribution is 0.146. The summed E-state index contributed by atoms with van der Waals surface area (Å²) in [6.07, 6.45) is 4.06. The quantitative estimate of drug-likeness (QED) is 0.743. The molecule has 0 amide bonds. The molecule has 1 aromatic heterocycles. The van der Waals surface area contributed by atoms with Gasteiger partial charge in [-0.3, -0.25) is 0 Å². The minimum Gasteiger partial charge on any atom is -0.491 e. The number of piperidine rings is 1. The molecule has 0 saturated carbocycles. The lowest BCUT2D eigenvalue weighted by Gasteiger charge is -2.33. The van der Waals surface area contributed by atoms with Crippen LogP contribution < -0.4 is 15.0 Å². The third-order valence-electron chi connectivity index (χ3n) is 4.35. The Morgan fingerprint density at radius 1 is 1.24 bits per heavy atom. The van der Waals surface area contributed by atoms with Crippen molar-refractivity contribution >= 4 is 5.82 Å².